The van der Waals surface area contributed by atoms with Gasteiger partial charge in [0.1, 0.15) is 5.82 Å². The predicted molar refractivity (Wildman–Crippen MR) is 179 cm³/mol. The van der Waals surface area contributed by atoms with Crippen molar-refractivity contribution in [3.8, 4) is 11.3 Å². The molecule has 0 unspecified atom stereocenters. The maximum absolute atomic E-state index is 14.8. The van der Waals surface area contributed by atoms with Crippen molar-refractivity contribution in [3.63, 3.8) is 0 Å². The maximum Gasteiger partial charge on any atom is 0.257 e. The zero-order chi connectivity index (χ0) is 32.5. The van der Waals surface area contributed by atoms with Gasteiger partial charge >= 0.3 is 0 Å². The summed E-state index contributed by atoms with van der Waals surface area (Å²) in [6, 6.07) is 18.8. The number of likely N-dealkylation sites (tertiary alicyclic amines) is 1. The molecule has 1 aromatic heterocycles. The van der Waals surface area contributed by atoms with Crippen LogP contribution in [0.5, 0.6) is 0 Å². The fourth-order valence-electron chi connectivity index (χ4n) is 5.87. The first-order chi connectivity index (χ1) is 22.8. The fraction of sp³-hybridized carbons (Fsp3) is 0.257. The highest BCUT2D eigenvalue weighted by atomic mass is 35.5. The number of piperidine rings is 1. The number of nitrogens with one attached hydrogen (secondary N) is 4. The number of hydrogen-bond donors (Lipinski definition) is 4. The molecule has 12 heteroatoms. The van der Waals surface area contributed by atoms with Gasteiger partial charge in [-0.3, -0.25) is 25.3 Å². The van der Waals surface area contributed by atoms with Crippen LogP contribution in [-0.2, 0) is 11.3 Å². The van der Waals surface area contributed by atoms with Crippen LogP contribution in [0.4, 0.5) is 16.0 Å². The summed E-state index contributed by atoms with van der Waals surface area (Å²) in [6.07, 6.45) is 5.12. The Morgan fingerprint density at radius 1 is 0.936 bits per heavy atom. The predicted octanol–water partition coefficient (Wildman–Crippen LogP) is 5.69. The molecule has 7 rings (SSSR count). The van der Waals surface area contributed by atoms with E-state index in [2.05, 4.69) is 20.9 Å². The standard InChI is InChI=1S/C35H32ClFN8O2/c36-23-9-12-26-28(17-23)31(27-3-1-2-4-29(27)37)39-18-22-19-40-35(43-30(22)26)42-24-10-7-21(8-11-24)33(47)44-34(38)45-15-13-25(14-16-45)41-32(46)20-5-6-20/h1-4,7-12,17,19-20,25H,5-6,13-16,18H2,(H,41,46)(H2,38,44,47)(H,40,42,43). The number of aromatic nitrogens is 2. The maximum atomic E-state index is 14.8. The van der Waals surface area contributed by atoms with E-state index in [1.54, 1.807) is 60.8 Å². The zero-order valence-corrected chi connectivity index (χ0v) is 26.1. The van der Waals surface area contributed by atoms with Gasteiger partial charge in [0.25, 0.3) is 5.91 Å². The van der Waals surface area contributed by atoms with Crippen molar-refractivity contribution >= 4 is 46.7 Å². The highest BCUT2D eigenvalue weighted by Gasteiger charge is 2.32. The van der Waals surface area contributed by atoms with Gasteiger partial charge in [-0.25, -0.2) is 14.4 Å². The number of halogens is 2. The van der Waals surface area contributed by atoms with E-state index < -0.39 is 0 Å². The molecule has 10 nitrogen and oxygen atoms in total. The monoisotopic (exact) mass is 650 g/mol. The summed E-state index contributed by atoms with van der Waals surface area (Å²) in [5.41, 5.74) is 4.83. The molecule has 4 aromatic rings. The number of nitrogens with zero attached hydrogens (tertiary/aromatic N) is 4. The summed E-state index contributed by atoms with van der Waals surface area (Å²) >= 11 is 6.37. The van der Waals surface area contributed by atoms with Crippen LogP contribution in [0.2, 0.25) is 5.02 Å². The van der Waals surface area contributed by atoms with Gasteiger partial charge in [0.15, 0.2) is 5.96 Å². The van der Waals surface area contributed by atoms with Gasteiger partial charge in [-0.1, -0.05) is 29.8 Å². The van der Waals surface area contributed by atoms with E-state index in [4.69, 9.17) is 27.0 Å². The number of hydrogen-bond acceptors (Lipinski definition) is 7. The molecule has 3 aromatic carbocycles. The molecule has 0 spiro atoms. The SMILES string of the molecule is N=C(NC(=O)c1ccc(Nc2ncc3c(n2)-c2ccc(Cl)cc2C(c2ccccc2F)=NC3)cc1)N1CCC(NC(=O)C2CC2)CC1. The average Bonchev–Trinajstić information content (AvgIpc) is 3.94. The second-order valence-corrected chi connectivity index (χ2v) is 12.4. The van der Waals surface area contributed by atoms with Crippen LogP contribution in [0.1, 0.15) is 52.7 Å². The van der Waals surface area contributed by atoms with E-state index in [-0.39, 0.29) is 42.1 Å². The summed E-state index contributed by atoms with van der Waals surface area (Å²) in [4.78, 5) is 40.8. The molecule has 2 amide bonds. The number of amides is 2. The molecule has 2 aliphatic heterocycles. The van der Waals surface area contributed by atoms with Crippen molar-refractivity contribution in [2.45, 2.75) is 38.3 Å². The molecular weight excluding hydrogens is 619 g/mol. The van der Waals surface area contributed by atoms with Gasteiger partial charge in [-0.05, 0) is 74.2 Å². The van der Waals surface area contributed by atoms with Crippen molar-refractivity contribution in [3.05, 3.63) is 106 Å². The Balaban J connectivity index is 1.01. The summed E-state index contributed by atoms with van der Waals surface area (Å²) in [5.74, 6) is -0.0504. The van der Waals surface area contributed by atoms with Crippen molar-refractivity contribution < 1.29 is 14.0 Å². The highest BCUT2D eigenvalue weighted by Crippen LogP contribution is 2.34. The molecule has 3 heterocycles. The lowest BCUT2D eigenvalue weighted by Crippen LogP contribution is -2.51. The minimum absolute atomic E-state index is 0.0475. The molecule has 0 radical (unpaired) electrons. The van der Waals surface area contributed by atoms with Gasteiger partial charge in [-0.2, -0.15) is 0 Å². The van der Waals surface area contributed by atoms with E-state index >= 15 is 0 Å². The van der Waals surface area contributed by atoms with Crippen molar-refractivity contribution in [1.29, 1.82) is 5.41 Å². The Morgan fingerprint density at radius 2 is 1.70 bits per heavy atom. The Hall–Kier alpha value is -5.16. The molecule has 2 fully saturated rings. The first-order valence-corrected chi connectivity index (χ1v) is 16.0. The number of carbonyl (C=O) groups excluding carboxylic acids is 2. The lowest BCUT2D eigenvalue weighted by atomic mass is 9.95. The van der Waals surface area contributed by atoms with Crippen LogP contribution in [0.25, 0.3) is 11.3 Å². The molecule has 0 atom stereocenters. The average molecular weight is 651 g/mol. The van der Waals surface area contributed by atoms with Gasteiger partial charge in [0.2, 0.25) is 11.9 Å². The van der Waals surface area contributed by atoms with Crippen LogP contribution in [0, 0.1) is 17.1 Å². The summed E-state index contributed by atoms with van der Waals surface area (Å²) in [6.45, 7) is 1.44. The first-order valence-electron chi connectivity index (χ1n) is 15.6. The molecule has 0 bridgehead atoms. The van der Waals surface area contributed by atoms with E-state index in [9.17, 15) is 14.0 Å². The fourth-order valence-corrected chi connectivity index (χ4v) is 6.04. The van der Waals surface area contributed by atoms with Gasteiger partial charge < -0.3 is 15.5 Å². The van der Waals surface area contributed by atoms with Crippen LogP contribution in [0.3, 0.4) is 0 Å². The molecule has 1 saturated heterocycles. The number of anilines is 2. The lowest BCUT2D eigenvalue weighted by Gasteiger charge is -2.33. The Bertz CT molecular complexity index is 1900. The third-order valence-electron chi connectivity index (χ3n) is 8.63. The molecular formula is C35H32ClFN8O2. The second-order valence-electron chi connectivity index (χ2n) is 12.0. The Morgan fingerprint density at radius 3 is 2.45 bits per heavy atom. The number of rotatable bonds is 6. The molecule has 1 aliphatic carbocycles. The quantitative estimate of drug-likeness (QED) is 0.157. The minimum Gasteiger partial charge on any atom is -0.353 e. The Kier molecular flexibility index (Phi) is 8.38. The number of benzene rings is 3. The number of carbonyl (C=O) groups is 2. The van der Waals surface area contributed by atoms with Crippen molar-refractivity contribution in [1.82, 2.24) is 25.5 Å². The number of aliphatic imine (C=N–C) groups is 1. The van der Waals surface area contributed by atoms with E-state index in [0.29, 0.717) is 57.8 Å². The molecule has 238 valence electrons. The van der Waals surface area contributed by atoms with Crippen LogP contribution in [-0.4, -0.2) is 57.5 Å². The summed E-state index contributed by atoms with van der Waals surface area (Å²) in [5, 5.41) is 17.9. The van der Waals surface area contributed by atoms with Gasteiger partial charge in [0.05, 0.1) is 18.0 Å². The van der Waals surface area contributed by atoms with Crippen LogP contribution in [0.15, 0.2) is 77.9 Å². The normalized spacial score (nSPS) is 15.9. The largest absolute Gasteiger partial charge is 0.353 e. The summed E-state index contributed by atoms with van der Waals surface area (Å²) < 4.78 is 14.8. The molecule has 3 aliphatic rings. The molecule has 47 heavy (non-hydrogen) atoms. The van der Waals surface area contributed by atoms with E-state index in [1.165, 1.54) is 6.07 Å². The lowest BCUT2D eigenvalue weighted by molar-refractivity contribution is -0.123. The smallest absolute Gasteiger partial charge is 0.257 e. The van der Waals surface area contributed by atoms with Crippen molar-refractivity contribution in [2.75, 3.05) is 18.4 Å². The number of fused-ring (bicyclic) bond motifs is 3. The molecule has 4 N–H and O–H groups in total. The van der Waals surface area contributed by atoms with Gasteiger partial charge in [0, 0.05) is 69.8 Å². The third kappa shape index (κ3) is 6.71. The van der Waals surface area contributed by atoms with Gasteiger partial charge in [-0.15, -0.1) is 0 Å². The minimum atomic E-state index is -0.382. The molecule has 1 saturated carbocycles. The zero-order valence-electron chi connectivity index (χ0n) is 25.4. The summed E-state index contributed by atoms with van der Waals surface area (Å²) in [7, 11) is 0. The van der Waals surface area contributed by atoms with E-state index in [0.717, 1.165) is 36.8 Å². The second kappa shape index (κ2) is 12.9. The van der Waals surface area contributed by atoms with E-state index in [1.807, 2.05) is 11.0 Å². The topological polar surface area (TPSA) is 135 Å². The number of guanidine groups is 1. The first kappa shape index (κ1) is 30.5. The van der Waals surface area contributed by atoms with Crippen LogP contribution >= 0.6 is 11.6 Å². The van der Waals surface area contributed by atoms with Crippen LogP contribution < -0.4 is 16.0 Å². The third-order valence-corrected chi connectivity index (χ3v) is 8.87. The van der Waals surface area contributed by atoms with Crippen molar-refractivity contribution in [2.24, 2.45) is 10.9 Å². The highest BCUT2D eigenvalue weighted by molar-refractivity contribution is 6.31. The Labute approximate surface area is 276 Å².